The SMILES string of the molecule is O=C(O)CSc1nnc(N2CCN(c3nccs3)CC2)s1. The number of thiazole rings is 1. The standard InChI is InChI=1S/C11H13N5O2S3/c17-8(18)7-20-11-14-13-10(21-11)16-4-2-15(3-5-16)9-12-1-6-19-9/h1,6H,2-5,7H2,(H,17,18). The highest BCUT2D eigenvalue weighted by atomic mass is 32.2. The van der Waals surface area contributed by atoms with Crippen molar-refractivity contribution in [1.29, 1.82) is 0 Å². The summed E-state index contributed by atoms with van der Waals surface area (Å²) in [5.41, 5.74) is 0. The average molecular weight is 343 g/mol. The zero-order chi connectivity index (χ0) is 14.7. The summed E-state index contributed by atoms with van der Waals surface area (Å²) < 4.78 is 0.703. The van der Waals surface area contributed by atoms with Crippen LogP contribution >= 0.6 is 34.4 Å². The minimum atomic E-state index is -0.839. The number of aliphatic carboxylic acids is 1. The topological polar surface area (TPSA) is 82.4 Å². The van der Waals surface area contributed by atoms with Crippen LogP contribution < -0.4 is 9.80 Å². The van der Waals surface area contributed by atoms with E-state index < -0.39 is 5.97 Å². The normalized spacial score (nSPS) is 15.4. The van der Waals surface area contributed by atoms with Gasteiger partial charge in [-0.2, -0.15) is 0 Å². The van der Waals surface area contributed by atoms with Crippen molar-refractivity contribution in [2.75, 3.05) is 41.7 Å². The van der Waals surface area contributed by atoms with Crippen LogP contribution in [0.25, 0.3) is 0 Å². The Morgan fingerprint density at radius 1 is 1.24 bits per heavy atom. The van der Waals surface area contributed by atoms with Crippen LogP contribution in [0.3, 0.4) is 0 Å². The summed E-state index contributed by atoms with van der Waals surface area (Å²) in [4.78, 5) is 19.3. The Hall–Kier alpha value is -1.39. The molecule has 1 saturated heterocycles. The van der Waals surface area contributed by atoms with E-state index in [9.17, 15) is 4.79 Å². The Morgan fingerprint density at radius 3 is 2.57 bits per heavy atom. The first-order chi connectivity index (χ1) is 10.2. The lowest BCUT2D eigenvalue weighted by Gasteiger charge is -2.34. The smallest absolute Gasteiger partial charge is 0.313 e. The zero-order valence-corrected chi connectivity index (χ0v) is 13.5. The molecule has 0 atom stereocenters. The number of carbonyl (C=O) groups is 1. The minimum absolute atomic E-state index is 0.0203. The van der Waals surface area contributed by atoms with Gasteiger partial charge in [-0.1, -0.05) is 23.1 Å². The molecule has 21 heavy (non-hydrogen) atoms. The predicted octanol–water partition coefficient (Wildman–Crippen LogP) is 1.50. The van der Waals surface area contributed by atoms with Crippen LogP contribution in [-0.4, -0.2) is 58.2 Å². The second kappa shape index (κ2) is 6.58. The van der Waals surface area contributed by atoms with Gasteiger partial charge in [0.05, 0.1) is 5.75 Å². The van der Waals surface area contributed by atoms with Crippen molar-refractivity contribution in [2.45, 2.75) is 4.34 Å². The van der Waals surface area contributed by atoms with Gasteiger partial charge in [-0.15, -0.1) is 21.5 Å². The molecule has 7 nitrogen and oxygen atoms in total. The monoisotopic (exact) mass is 343 g/mol. The fraction of sp³-hybridized carbons (Fsp3) is 0.455. The van der Waals surface area contributed by atoms with Crippen molar-refractivity contribution in [1.82, 2.24) is 15.2 Å². The van der Waals surface area contributed by atoms with Gasteiger partial charge in [-0.05, 0) is 0 Å². The summed E-state index contributed by atoms with van der Waals surface area (Å²) >= 11 is 4.32. The summed E-state index contributed by atoms with van der Waals surface area (Å²) in [5.74, 6) is -0.819. The molecule has 2 aromatic heterocycles. The van der Waals surface area contributed by atoms with E-state index in [0.717, 1.165) is 36.4 Å². The number of carboxylic acid groups (broad SMARTS) is 1. The largest absolute Gasteiger partial charge is 0.481 e. The summed E-state index contributed by atoms with van der Waals surface area (Å²) in [6, 6.07) is 0. The molecule has 1 fully saturated rings. The maximum absolute atomic E-state index is 10.5. The second-order valence-electron chi connectivity index (χ2n) is 4.32. The van der Waals surface area contributed by atoms with Gasteiger partial charge >= 0.3 is 5.97 Å². The molecule has 3 rings (SSSR count). The van der Waals surface area contributed by atoms with E-state index >= 15 is 0 Å². The molecule has 3 heterocycles. The first kappa shape index (κ1) is 14.5. The van der Waals surface area contributed by atoms with Gasteiger partial charge in [0, 0.05) is 37.8 Å². The van der Waals surface area contributed by atoms with Gasteiger partial charge in [0.2, 0.25) is 5.13 Å². The van der Waals surface area contributed by atoms with Crippen molar-refractivity contribution in [3.8, 4) is 0 Å². The van der Waals surface area contributed by atoms with Crippen LogP contribution in [0.1, 0.15) is 0 Å². The lowest BCUT2D eigenvalue weighted by molar-refractivity contribution is -0.133. The first-order valence-electron chi connectivity index (χ1n) is 6.30. The molecule has 0 aliphatic carbocycles. The lowest BCUT2D eigenvalue weighted by atomic mass is 10.3. The van der Waals surface area contributed by atoms with Crippen LogP contribution in [0.4, 0.5) is 10.3 Å². The Bertz CT molecular complexity index is 595. The number of piperazine rings is 1. The van der Waals surface area contributed by atoms with Gasteiger partial charge in [-0.25, -0.2) is 4.98 Å². The van der Waals surface area contributed by atoms with Gasteiger partial charge in [-0.3, -0.25) is 4.79 Å². The highest BCUT2D eigenvalue weighted by molar-refractivity contribution is 8.01. The van der Waals surface area contributed by atoms with Crippen LogP contribution in [0, 0.1) is 0 Å². The van der Waals surface area contributed by atoms with Gasteiger partial charge in [0.25, 0.3) is 0 Å². The van der Waals surface area contributed by atoms with E-state index in [1.807, 2.05) is 11.6 Å². The number of thioether (sulfide) groups is 1. The van der Waals surface area contributed by atoms with Crippen LogP contribution in [0.2, 0.25) is 0 Å². The lowest BCUT2D eigenvalue weighted by Crippen LogP contribution is -2.46. The number of carboxylic acids is 1. The molecule has 0 unspecified atom stereocenters. The molecule has 0 radical (unpaired) electrons. The summed E-state index contributed by atoms with van der Waals surface area (Å²) in [7, 11) is 0. The van der Waals surface area contributed by atoms with E-state index in [1.165, 1.54) is 23.1 Å². The molecule has 1 aliphatic rings. The molecule has 0 aromatic carbocycles. The Kier molecular flexibility index (Phi) is 4.56. The number of rotatable bonds is 5. The van der Waals surface area contributed by atoms with Crippen LogP contribution in [0.5, 0.6) is 0 Å². The molecule has 112 valence electrons. The minimum Gasteiger partial charge on any atom is -0.481 e. The van der Waals surface area contributed by atoms with Gasteiger partial charge in [0.15, 0.2) is 9.47 Å². The summed E-state index contributed by atoms with van der Waals surface area (Å²) in [6.07, 6.45) is 1.82. The molecule has 2 aromatic rings. The predicted molar refractivity (Wildman–Crippen MR) is 84.8 cm³/mol. The van der Waals surface area contributed by atoms with Crippen LogP contribution in [-0.2, 0) is 4.79 Å². The maximum atomic E-state index is 10.5. The number of nitrogens with zero attached hydrogens (tertiary/aromatic N) is 5. The second-order valence-corrected chi connectivity index (χ2v) is 7.37. The third-order valence-electron chi connectivity index (χ3n) is 2.95. The fourth-order valence-electron chi connectivity index (χ4n) is 1.97. The Morgan fingerprint density at radius 2 is 1.95 bits per heavy atom. The van der Waals surface area contributed by atoms with E-state index in [0.29, 0.717) is 4.34 Å². The molecule has 0 saturated carbocycles. The third-order valence-corrected chi connectivity index (χ3v) is 5.89. The van der Waals surface area contributed by atoms with Crippen molar-refractivity contribution in [2.24, 2.45) is 0 Å². The summed E-state index contributed by atoms with van der Waals surface area (Å²) in [6.45, 7) is 3.56. The van der Waals surface area contributed by atoms with Crippen molar-refractivity contribution >= 4 is 50.7 Å². The molecule has 0 bridgehead atoms. The fourth-order valence-corrected chi connectivity index (χ4v) is 4.28. The number of anilines is 2. The molecular formula is C11H13N5O2S3. The molecule has 0 spiro atoms. The summed E-state index contributed by atoms with van der Waals surface area (Å²) in [5, 5.41) is 20.8. The van der Waals surface area contributed by atoms with Crippen LogP contribution in [0.15, 0.2) is 15.9 Å². The molecule has 1 aliphatic heterocycles. The molecular weight excluding hydrogens is 330 g/mol. The average Bonchev–Trinajstić information content (AvgIpc) is 3.17. The molecule has 0 amide bonds. The van der Waals surface area contributed by atoms with E-state index in [2.05, 4.69) is 25.0 Å². The van der Waals surface area contributed by atoms with E-state index in [4.69, 9.17) is 5.11 Å². The molecule has 10 heteroatoms. The van der Waals surface area contributed by atoms with Crippen molar-refractivity contribution in [3.05, 3.63) is 11.6 Å². The molecule has 1 N–H and O–H groups in total. The quantitative estimate of drug-likeness (QED) is 0.818. The van der Waals surface area contributed by atoms with E-state index in [1.54, 1.807) is 11.3 Å². The van der Waals surface area contributed by atoms with Crippen molar-refractivity contribution in [3.63, 3.8) is 0 Å². The van der Waals surface area contributed by atoms with Gasteiger partial charge < -0.3 is 14.9 Å². The van der Waals surface area contributed by atoms with E-state index in [-0.39, 0.29) is 5.75 Å². The Labute approximate surface area is 133 Å². The number of hydrogen-bond donors (Lipinski definition) is 1. The third kappa shape index (κ3) is 3.63. The highest BCUT2D eigenvalue weighted by Gasteiger charge is 2.21. The maximum Gasteiger partial charge on any atom is 0.313 e. The highest BCUT2D eigenvalue weighted by Crippen LogP contribution is 2.29. The van der Waals surface area contributed by atoms with Crippen molar-refractivity contribution < 1.29 is 9.90 Å². The van der Waals surface area contributed by atoms with Gasteiger partial charge in [0.1, 0.15) is 0 Å². The Balaban J connectivity index is 1.55. The zero-order valence-electron chi connectivity index (χ0n) is 11.0. The number of hydrogen-bond acceptors (Lipinski definition) is 9. The first-order valence-corrected chi connectivity index (χ1v) is 8.98. The number of aromatic nitrogens is 3.